The van der Waals surface area contributed by atoms with Crippen LogP contribution >= 0.6 is 0 Å². The molecule has 0 aliphatic rings. The van der Waals surface area contributed by atoms with E-state index in [-0.39, 0.29) is 19.8 Å². The highest BCUT2D eigenvalue weighted by molar-refractivity contribution is 5.69. The fourth-order valence-corrected chi connectivity index (χ4v) is 7.87. The van der Waals surface area contributed by atoms with Gasteiger partial charge in [0.1, 0.15) is 5.60 Å². The molecule has 0 radical (unpaired) electrons. The molecule has 60 heavy (non-hydrogen) atoms. The molecule has 0 atom stereocenters. The van der Waals surface area contributed by atoms with Crippen LogP contribution < -0.4 is 21.7 Å². The van der Waals surface area contributed by atoms with Crippen molar-refractivity contribution in [2.75, 3.05) is 32.8 Å². The number of hydrogen-bond donors (Lipinski definition) is 4. The Kier molecular flexibility index (Phi) is 40.5. The lowest BCUT2D eigenvalue weighted by atomic mass is 9.88. The number of ether oxygens (including phenoxy) is 3. The first-order valence-corrected chi connectivity index (χ1v) is 25.6. The second-order valence-corrected chi connectivity index (χ2v) is 18.7. The molecule has 0 aromatic carbocycles. The molecular formula is C50H100N4O6. The summed E-state index contributed by atoms with van der Waals surface area (Å²) in [6.45, 7) is 11.5. The quantitative estimate of drug-likeness (QED) is 0.0353. The average Bonchev–Trinajstić information content (AvgIpc) is 3.19. The molecule has 0 spiro atoms. The third kappa shape index (κ3) is 41.1. The van der Waals surface area contributed by atoms with Gasteiger partial charge < -0.3 is 35.9 Å². The Hall–Kier alpha value is -2.23. The molecule has 0 saturated carbocycles. The standard InChI is InChI=1S/C50H100N4O6/c1-6-8-10-12-14-16-18-20-22-24-26-28-30-32-34-36-42-52-46(55)58-44-39-50(38-41-51,54-48(57)60-49(3,4)5)40-45-59-47(56)53-43-37-35-33-31-29-27-25-23-21-19-17-15-13-11-9-7-2/h6-45,51H2,1-5H3,(H,52,55)(H,53,56)(H,54,57). The molecule has 0 aromatic rings. The van der Waals surface area contributed by atoms with Crippen molar-refractivity contribution in [1.82, 2.24) is 16.0 Å². The summed E-state index contributed by atoms with van der Waals surface area (Å²) >= 11 is 0. The molecule has 0 unspecified atom stereocenters. The van der Waals surface area contributed by atoms with Gasteiger partial charge in [0.05, 0.1) is 18.8 Å². The number of hydrogen-bond acceptors (Lipinski definition) is 7. The molecule has 0 aromatic heterocycles. The molecule has 0 saturated heterocycles. The van der Waals surface area contributed by atoms with E-state index in [9.17, 15) is 14.4 Å². The van der Waals surface area contributed by atoms with Gasteiger partial charge in [-0.2, -0.15) is 0 Å². The highest BCUT2D eigenvalue weighted by Crippen LogP contribution is 2.22. The van der Waals surface area contributed by atoms with Gasteiger partial charge in [-0.05, 0) is 46.6 Å². The molecule has 0 aliphatic carbocycles. The Morgan fingerprint density at radius 1 is 0.417 bits per heavy atom. The minimum Gasteiger partial charge on any atom is -0.449 e. The molecule has 356 valence electrons. The van der Waals surface area contributed by atoms with Crippen LogP contribution in [0.3, 0.4) is 0 Å². The van der Waals surface area contributed by atoms with Crippen LogP contribution in [0.2, 0.25) is 0 Å². The van der Waals surface area contributed by atoms with E-state index in [2.05, 4.69) is 29.8 Å². The minimum absolute atomic E-state index is 0.0754. The molecule has 0 bridgehead atoms. The summed E-state index contributed by atoms with van der Waals surface area (Å²) in [7, 11) is 0. The molecule has 10 nitrogen and oxygen atoms in total. The fourth-order valence-electron chi connectivity index (χ4n) is 7.87. The number of carbonyl (C=O) groups is 3. The van der Waals surface area contributed by atoms with Gasteiger partial charge in [0.15, 0.2) is 0 Å². The smallest absolute Gasteiger partial charge is 0.408 e. The normalized spacial score (nSPS) is 11.7. The van der Waals surface area contributed by atoms with Crippen molar-refractivity contribution >= 4 is 18.3 Å². The number of nitrogens with two attached hydrogens (primary N) is 1. The lowest BCUT2D eigenvalue weighted by molar-refractivity contribution is 0.0392. The van der Waals surface area contributed by atoms with Crippen LogP contribution in [0.5, 0.6) is 0 Å². The van der Waals surface area contributed by atoms with Crippen LogP contribution in [0.25, 0.3) is 0 Å². The predicted octanol–water partition coefficient (Wildman–Crippen LogP) is 14.4. The number of nitrogens with one attached hydrogen (secondary N) is 3. The molecule has 3 amide bonds. The van der Waals surface area contributed by atoms with E-state index in [0.717, 1.165) is 25.7 Å². The van der Waals surface area contributed by atoms with E-state index >= 15 is 0 Å². The monoisotopic (exact) mass is 853 g/mol. The van der Waals surface area contributed by atoms with E-state index in [1.165, 1.54) is 180 Å². The minimum atomic E-state index is -0.876. The highest BCUT2D eigenvalue weighted by atomic mass is 16.6. The van der Waals surface area contributed by atoms with Crippen LogP contribution in [0.4, 0.5) is 14.4 Å². The number of rotatable bonds is 43. The van der Waals surface area contributed by atoms with Crippen LogP contribution in [-0.4, -0.2) is 62.3 Å². The summed E-state index contributed by atoms with van der Waals surface area (Å²) in [5.41, 5.74) is 4.44. The summed E-state index contributed by atoms with van der Waals surface area (Å²) in [6, 6.07) is 0. The third-order valence-electron chi connectivity index (χ3n) is 11.6. The maximum Gasteiger partial charge on any atom is 0.408 e. The highest BCUT2D eigenvalue weighted by Gasteiger charge is 2.34. The average molecular weight is 853 g/mol. The Morgan fingerprint density at radius 2 is 0.700 bits per heavy atom. The number of unbranched alkanes of at least 4 members (excludes halogenated alkanes) is 30. The Bertz CT molecular complexity index is 919. The van der Waals surface area contributed by atoms with E-state index in [4.69, 9.17) is 19.9 Å². The number of amides is 3. The van der Waals surface area contributed by atoms with E-state index in [0.29, 0.717) is 32.4 Å². The van der Waals surface area contributed by atoms with Crippen molar-refractivity contribution in [3.63, 3.8) is 0 Å². The summed E-state index contributed by atoms with van der Waals surface area (Å²) in [5, 5.41) is 8.70. The maximum absolute atomic E-state index is 12.9. The molecule has 0 heterocycles. The van der Waals surface area contributed by atoms with Crippen LogP contribution in [-0.2, 0) is 14.2 Å². The van der Waals surface area contributed by atoms with Crippen molar-refractivity contribution in [2.24, 2.45) is 5.73 Å². The summed E-state index contributed by atoms with van der Waals surface area (Å²) < 4.78 is 16.6. The maximum atomic E-state index is 12.9. The Balaban J connectivity index is 4.27. The summed E-state index contributed by atoms with van der Waals surface area (Å²) in [4.78, 5) is 37.9. The van der Waals surface area contributed by atoms with E-state index in [1.54, 1.807) is 20.8 Å². The molecule has 0 rings (SSSR count). The third-order valence-corrected chi connectivity index (χ3v) is 11.6. The molecule has 10 heteroatoms. The topological polar surface area (TPSA) is 141 Å². The lowest BCUT2D eigenvalue weighted by Crippen LogP contribution is -2.52. The number of alkyl carbamates (subject to hydrolysis) is 3. The van der Waals surface area contributed by atoms with E-state index < -0.39 is 29.4 Å². The Morgan fingerprint density at radius 3 is 0.967 bits per heavy atom. The van der Waals surface area contributed by atoms with Crippen molar-refractivity contribution < 1.29 is 28.6 Å². The first-order valence-electron chi connectivity index (χ1n) is 25.6. The predicted molar refractivity (Wildman–Crippen MR) is 253 cm³/mol. The van der Waals surface area contributed by atoms with Crippen molar-refractivity contribution in [3.05, 3.63) is 0 Å². The lowest BCUT2D eigenvalue weighted by Gasteiger charge is -2.35. The number of carbonyl (C=O) groups excluding carboxylic acids is 3. The zero-order valence-electron chi connectivity index (χ0n) is 40.3. The van der Waals surface area contributed by atoms with E-state index in [1.807, 2.05) is 0 Å². The second kappa shape index (κ2) is 42.1. The van der Waals surface area contributed by atoms with Gasteiger partial charge in [-0.15, -0.1) is 0 Å². The van der Waals surface area contributed by atoms with Gasteiger partial charge in [-0.1, -0.05) is 206 Å². The molecule has 0 aliphatic heterocycles. The Labute approximate surface area is 370 Å². The molecule has 5 N–H and O–H groups in total. The fraction of sp³-hybridized carbons (Fsp3) is 0.940. The van der Waals surface area contributed by atoms with Gasteiger partial charge in [-0.25, -0.2) is 14.4 Å². The largest absolute Gasteiger partial charge is 0.449 e. The van der Waals surface area contributed by atoms with Crippen LogP contribution in [0, 0.1) is 0 Å². The zero-order chi connectivity index (χ0) is 44.3. The SMILES string of the molecule is CCCCCCCCCCCCCCCCCCNC(=O)OCCC(CCN)(CCOC(=O)NCCCCCCCCCCCCCCCCCC)NC(=O)OC(C)(C)C. The van der Waals surface area contributed by atoms with Gasteiger partial charge in [0.25, 0.3) is 0 Å². The first-order chi connectivity index (χ1) is 29.1. The zero-order valence-corrected chi connectivity index (χ0v) is 40.3. The molecule has 0 fully saturated rings. The van der Waals surface area contributed by atoms with Crippen molar-refractivity contribution in [2.45, 2.75) is 270 Å². The van der Waals surface area contributed by atoms with Gasteiger partial charge in [-0.3, -0.25) is 0 Å². The van der Waals surface area contributed by atoms with Crippen LogP contribution in [0.1, 0.15) is 259 Å². The van der Waals surface area contributed by atoms with Gasteiger partial charge >= 0.3 is 18.3 Å². The summed E-state index contributed by atoms with van der Waals surface area (Å²) in [6.07, 6.45) is 41.3. The summed E-state index contributed by atoms with van der Waals surface area (Å²) in [5.74, 6) is 0. The molecular weight excluding hydrogens is 753 g/mol. The second-order valence-electron chi connectivity index (χ2n) is 18.7. The first kappa shape index (κ1) is 57.8. The van der Waals surface area contributed by atoms with Crippen LogP contribution in [0.15, 0.2) is 0 Å². The van der Waals surface area contributed by atoms with Crippen molar-refractivity contribution in [1.29, 1.82) is 0 Å². The van der Waals surface area contributed by atoms with Gasteiger partial charge in [0.2, 0.25) is 0 Å². The van der Waals surface area contributed by atoms with Crippen molar-refractivity contribution in [3.8, 4) is 0 Å². The van der Waals surface area contributed by atoms with Gasteiger partial charge in [0, 0.05) is 25.9 Å².